The average molecular weight is 286 g/mol. The first kappa shape index (κ1) is 14.1. The van der Waals surface area contributed by atoms with Crippen LogP contribution in [-0.2, 0) is 0 Å². The van der Waals surface area contributed by atoms with Crippen molar-refractivity contribution in [1.29, 1.82) is 0 Å². The van der Waals surface area contributed by atoms with Crippen LogP contribution in [0.25, 0.3) is 11.0 Å². The fraction of sp³-hybridized carbons (Fsp3) is 0.500. The largest absolute Gasteiger partial charge is 0.337 e. The van der Waals surface area contributed by atoms with Gasteiger partial charge in [0, 0.05) is 30.7 Å². The molecule has 5 nitrogen and oxygen atoms in total. The molecular weight excluding hydrogens is 264 g/mol. The summed E-state index contributed by atoms with van der Waals surface area (Å²) >= 11 is 0. The molecule has 2 aromatic rings. The van der Waals surface area contributed by atoms with Gasteiger partial charge in [-0.1, -0.05) is 0 Å². The van der Waals surface area contributed by atoms with Crippen LogP contribution in [-0.4, -0.2) is 46.5 Å². The van der Waals surface area contributed by atoms with Gasteiger partial charge in [0.2, 0.25) is 0 Å². The lowest BCUT2D eigenvalue weighted by Gasteiger charge is -2.16. The number of amides is 1. The van der Waals surface area contributed by atoms with Gasteiger partial charge in [0.1, 0.15) is 0 Å². The predicted molar refractivity (Wildman–Crippen MR) is 83.5 cm³/mol. The van der Waals surface area contributed by atoms with Crippen molar-refractivity contribution in [3.05, 3.63) is 30.1 Å². The minimum atomic E-state index is 0.105. The van der Waals surface area contributed by atoms with E-state index < -0.39 is 0 Å². The number of hydrogen-bond donors (Lipinski definition) is 1. The van der Waals surface area contributed by atoms with Gasteiger partial charge in [-0.05, 0) is 45.5 Å². The third-order valence-corrected chi connectivity index (χ3v) is 4.26. The number of likely N-dealkylation sites (N-methyl/N-ethyl adjacent to an activating group) is 1. The lowest BCUT2D eigenvalue weighted by atomic mass is 10.1. The molecule has 0 unspecified atom stereocenters. The number of nitrogens with zero attached hydrogens (tertiary/aromatic N) is 3. The molecule has 0 aliphatic carbocycles. The van der Waals surface area contributed by atoms with Crippen LogP contribution in [0.2, 0.25) is 0 Å². The molecule has 1 aromatic carbocycles. The van der Waals surface area contributed by atoms with Crippen molar-refractivity contribution in [2.45, 2.75) is 32.4 Å². The number of aromatic nitrogens is 2. The molecule has 1 aliphatic rings. The van der Waals surface area contributed by atoms with Gasteiger partial charge in [-0.3, -0.25) is 4.79 Å². The Labute approximate surface area is 125 Å². The van der Waals surface area contributed by atoms with E-state index in [9.17, 15) is 4.79 Å². The van der Waals surface area contributed by atoms with Gasteiger partial charge in [-0.15, -0.1) is 0 Å². The molecule has 1 N–H and O–H groups in total. The third-order valence-electron chi connectivity index (χ3n) is 4.26. The number of hydrogen-bond acceptors (Lipinski definition) is 3. The number of benzene rings is 1. The Morgan fingerprint density at radius 2 is 2.24 bits per heavy atom. The minimum Gasteiger partial charge on any atom is -0.337 e. The second-order valence-corrected chi connectivity index (χ2v) is 5.97. The zero-order valence-electron chi connectivity index (χ0n) is 12.8. The van der Waals surface area contributed by atoms with Crippen molar-refractivity contribution < 1.29 is 4.79 Å². The van der Waals surface area contributed by atoms with E-state index >= 15 is 0 Å². The third kappa shape index (κ3) is 2.53. The zero-order valence-corrected chi connectivity index (χ0v) is 12.8. The van der Waals surface area contributed by atoms with E-state index in [4.69, 9.17) is 0 Å². The second-order valence-electron chi connectivity index (χ2n) is 5.97. The maximum atomic E-state index is 12.6. The van der Waals surface area contributed by atoms with E-state index in [0.29, 0.717) is 12.1 Å². The summed E-state index contributed by atoms with van der Waals surface area (Å²) in [5.74, 6) is 0.105. The van der Waals surface area contributed by atoms with Crippen molar-refractivity contribution in [3.8, 4) is 0 Å². The number of likely N-dealkylation sites (tertiary alicyclic amines) is 1. The molecule has 5 heteroatoms. The highest BCUT2D eigenvalue weighted by Crippen LogP contribution is 2.21. The molecule has 1 aromatic heterocycles. The van der Waals surface area contributed by atoms with Crippen LogP contribution >= 0.6 is 0 Å². The topological polar surface area (TPSA) is 50.2 Å². The number of carbonyl (C=O) groups is 1. The van der Waals surface area contributed by atoms with Crippen molar-refractivity contribution in [3.63, 3.8) is 0 Å². The minimum absolute atomic E-state index is 0.105. The van der Waals surface area contributed by atoms with Crippen LogP contribution in [0.1, 0.15) is 36.7 Å². The summed E-state index contributed by atoms with van der Waals surface area (Å²) in [4.78, 5) is 18.9. The number of rotatable bonds is 3. The van der Waals surface area contributed by atoms with E-state index in [2.05, 4.69) is 28.7 Å². The van der Waals surface area contributed by atoms with E-state index in [0.717, 1.165) is 36.1 Å². The van der Waals surface area contributed by atoms with Gasteiger partial charge in [0.25, 0.3) is 5.91 Å². The van der Waals surface area contributed by atoms with Gasteiger partial charge < -0.3 is 14.8 Å². The molecule has 112 valence electrons. The summed E-state index contributed by atoms with van der Waals surface area (Å²) in [6.07, 6.45) is 2.86. The molecule has 0 saturated carbocycles. The van der Waals surface area contributed by atoms with E-state index in [-0.39, 0.29) is 5.91 Å². The fourth-order valence-corrected chi connectivity index (χ4v) is 2.94. The Kier molecular flexibility index (Phi) is 3.68. The highest BCUT2D eigenvalue weighted by Gasteiger charge is 2.26. The molecule has 21 heavy (non-hydrogen) atoms. The lowest BCUT2D eigenvalue weighted by molar-refractivity contribution is 0.0790. The van der Waals surface area contributed by atoms with Gasteiger partial charge in [0.15, 0.2) is 0 Å². The zero-order chi connectivity index (χ0) is 15.0. The Morgan fingerprint density at radius 1 is 1.43 bits per heavy atom. The quantitative estimate of drug-likeness (QED) is 0.939. The van der Waals surface area contributed by atoms with E-state index in [1.54, 1.807) is 0 Å². The first-order chi connectivity index (χ1) is 10.1. The fourth-order valence-electron chi connectivity index (χ4n) is 2.94. The van der Waals surface area contributed by atoms with Crippen molar-refractivity contribution >= 4 is 16.9 Å². The molecule has 0 bridgehead atoms. The van der Waals surface area contributed by atoms with E-state index in [1.807, 2.05) is 36.5 Å². The number of carbonyl (C=O) groups excluding carboxylic acids is 1. The molecule has 2 heterocycles. The Balaban J connectivity index is 1.86. The molecule has 1 saturated heterocycles. The summed E-state index contributed by atoms with van der Waals surface area (Å²) in [6, 6.07) is 6.60. The normalized spacial score (nSPS) is 18.9. The lowest BCUT2D eigenvalue weighted by Crippen LogP contribution is -2.33. The van der Waals surface area contributed by atoms with Crippen LogP contribution in [0.15, 0.2) is 24.5 Å². The molecular formula is C16H22N4O. The second kappa shape index (κ2) is 5.48. The maximum absolute atomic E-state index is 12.6. The highest BCUT2D eigenvalue weighted by atomic mass is 16.2. The Bertz CT molecular complexity index is 661. The van der Waals surface area contributed by atoms with Crippen molar-refractivity contribution in [2.75, 3.05) is 20.1 Å². The monoisotopic (exact) mass is 286 g/mol. The summed E-state index contributed by atoms with van der Waals surface area (Å²) in [7, 11) is 1.95. The van der Waals surface area contributed by atoms with Crippen molar-refractivity contribution in [1.82, 2.24) is 19.8 Å². The Morgan fingerprint density at radius 3 is 2.90 bits per heavy atom. The smallest absolute Gasteiger partial charge is 0.253 e. The first-order valence-corrected chi connectivity index (χ1v) is 7.53. The van der Waals surface area contributed by atoms with Crippen LogP contribution in [0.4, 0.5) is 0 Å². The molecule has 1 atom stereocenters. The van der Waals surface area contributed by atoms with E-state index in [1.165, 1.54) is 0 Å². The maximum Gasteiger partial charge on any atom is 0.253 e. The summed E-state index contributed by atoms with van der Waals surface area (Å²) in [5, 5.41) is 3.24. The van der Waals surface area contributed by atoms with Crippen LogP contribution in [0.3, 0.4) is 0 Å². The molecule has 0 spiro atoms. The highest BCUT2D eigenvalue weighted by molar-refractivity contribution is 5.97. The SMILES string of the molecule is CN[C@H]1CCN(C(=O)c2ccc3c(c2)ncn3C(C)C)C1. The standard InChI is InChI=1S/C16H22N4O/c1-11(2)20-10-18-14-8-12(4-5-15(14)20)16(21)19-7-6-13(9-19)17-3/h4-5,8,10-11,13,17H,6-7,9H2,1-3H3/t13-/m0/s1. The molecule has 1 amide bonds. The predicted octanol–water partition coefficient (Wildman–Crippen LogP) is 2.05. The number of imidazole rings is 1. The van der Waals surface area contributed by atoms with Crippen molar-refractivity contribution in [2.24, 2.45) is 0 Å². The van der Waals surface area contributed by atoms with Crippen LogP contribution < -0.4 is 5.32 Å². The van der Waals surface area contributed by atoms with Gasteiger partial charge in [-0.2, -0.15) is 0 Å². The Hall–Kier alpha value is -1.88. The van der Waals surface area contributed by atoms with Crippen LogP contribution in [0, 0.1) is 0 Å². The molecule has 0 radical (unpaired) electrons. The van der Waals surface area contributed by atoms with Gasteiger partial charge >= 0.3 is 0 Å². The molecule has 1 aliphatic heterocycles. The first-order valence-electron chi connectivity index (χ1n) is 7.53. The van der Waals surface area contributed by atoms with Gasteiger partial charge in [-0.25, -0.2) is 4.98 Å². The number of fused-ring (bicyclic) bond motifs is 1. The average Bonchev–Trinajstić information content (AvgIpc) is 3.12. The molecule has 3 rings (SSSR count). The number of nitrogens with one attached hydrogen (secondary N) is 1. The molecule has 1 fully saturated rings. The summed E-state index contributed by atoms with van der Waals surface area (Å²) < 4.78 is 2.12. The summed E-state index contributed by atoms with van der Waals surface area (Å²) in [6.45, 7) is 5.86. The van der Waals surface area contributed by atoms with Crippen LogP contribution in [0.5, 0.6) is 0 Å². The van der Waals surface area contributed by atoms with Gasteiger partial charge in [0.05, 0.1) is 17.4 Å². The summed E-state index contributed by atoms with van der Waals surface area (Å²) in [5.41, 5.74) is 2.70.